The van der Waals surface area contributed by atoms with E-state index in [0.717, 1.165) is 34.4 Å². The van der Waals surface area contributed by atoms with Crippen LogP contribution in [-0.4, -0.2) is 18.9 Å². The molecule has 0 radical (unpaired) electrons. The van der Waals surface area contributed by atoms with Gasteiger partial charge in [0.1, 0.15) is 5.82 Å². The number of aryl methyl sites for hydroxylation is 1. The molecule has 0 bridgehead atoms. The highest BCUT2D eigenvalue weighted by molar-refractivity contribution is 9.10. The van der Waals surface area contributed by atoms with E-state index in [0.29, 0.717) is 6.42 Å². The fourth-order valence-electron chi connectivity index (χ4n) is 3.88. The summed E-state index contributed by atoms with van der Waals surface area (Å²) in [6.45, 7) is 6.00. The molecule has 6 heteroatoms. The van der Waals surface area contributed by atoms with Crippen LogP contribution in [0.3, 0.4) is 0 Å². The molecule has 0 saturated heterocycles. The molecule has 2 atom stereocenters. The fourth-order valence-corrected chi connectivity index (χ4v) is 5.23. The second-order valence-electron chi connectivity index (χ2n) is 8.65. The van der Waals surface area contributed by atoms with E-state index >= 15 is 0 Å². The van der Waals surface area contributed by atoms with Crippen LogP contribution in [-0.2, 0) is 29.4 Å². The van der Waals surface area contributed by atoms with Crippen LogP contribution in [0, 0.1) is 0 Å². The zero-order valence-electron chi connectivity index (χ0n) is 17.0. The second-order valence-corrected chi connectivity index (χ2v) is 11.5. The molecule has 3 aromatic rings. The summed E-state index contributed by atoms with van der Waals surface area (Å²) in [6.07, 6.45) is 4.39. The summed E-state index contributed by atoms with van der Waals surface area (Å²) in [5, 5.41) is 0. The lowest BCUT2D eigenvalue weighted by Crippen LogP contribution is -2.48. The van der Waals surface area contributed by atoms with E-state index in [1.54, 1.807) is 0 Å². The molecule has 2 aromatic carbocycles. The number of imidazole rings is 1. The van der Waals surface area contributed by atoms with Gasteiger partial charge in [0, 0.05) is 10.9 Å². The minimum atomic E-state index is -1.19. The van der Waals surface area contributed by atoms with Gasteiger partial charge in [0.05, 0.1) is 33.2 Å². The Hall–Kier alpha value is -1.76. The monoisotopic (exact) mass is 471 g/mol. The largest absolute Gasteiger partial charge is 0.342 e. The Labute approximate surface area is 183 Å². The summed E-state index contributed by atoms with van der Waals surface area (Å²) in [5.74, 6) is 0.901. The fraction of sp³-hybridized carbons (Fsp3) is 0.348. The number of fused-ring (bicyclic) bond motifs is 1. The van der Waals surface area contributed by atoms with Crippen molar-refractivity contribution in [3.05, 3.63) is 76.2 Å². The van der Waals surface area contributed by atoms with Crippen LogP contribution in [0.1, 0.15) is 44.1 Å². The van der Waals surface area contributed by atoms with E-state index in [-0.39, 0.29) is 4.75 Å². The summed E-state index contributed by atoms with van der Waals surface area (Å²) in [6, 6.07) is 16.6. The van der Waals surface area contributed by atoms with Crippen molar-refractivity contribution in [2.24, 2.45) is 0 Å². The van der Waals surface area contributed by atoms with Crippen molar-refractivity contribution in [2.45, 2.75) is 50.3 Å². The number of hydrogen-bond donors (Lipinski definition) is 2. The first-order chi connectivity index (χ1) is 13.8. The van der Waals surface area contributed by atoms with Gasteiger partial charge >= 0.3 is 0 Å². The molecule has 0 amide bonds. The van der Waals surface area contributed by atoms with Crippen LogP contribution < -0.4 is 4.72 Å². The molecule has 0 fully saturated rings. The van der Waals surface area contributed by atoms with Gasteiger partial charge in [0.25, 0.3) is 0 Å². The summed E-state index contributed by atoms with van der Waals surface area (Å²) < 4.78 is 17.3. The summed E-state index contributed by atoms with van der Waals surface area (Å²) in [5.41, 5.74) is 4.23. The van der Waals surface area contributed by atoms with E-state index in [4.69, 9.17) is 0 Å². The number of nitrogens with zero attached hydrogens (tertiary/aromatic N) is 1. The number of aromatic nitrogens is 2. The second kappa shape index (κ2) is 7.82. The first kappa shape index (κ1) is 20.5. The number of nitrogens with one attached hydrogen (secondary N) is 2. The average molecular weight is 472 g/mol. The van der Waals surface area contributed by atoms with Crippen molar-refractivity contribution >= 4 is 26.9 Å². The molecule has 1 aliphatic rings. The van der Waals surface area contributed by atoms with E-state index in [2.05, 4.69) is 61.0 Å². The lowest BCUT2D eigenvalue weighted by molar-refractivity contribution is 0.386. The van der Waals surface area contributed by atoms with Crippen molar-refractivity contribution in [3.63, 3.8) is 0 Å². The standard InChI is InChI=1S/C23H26BrN3OS/c1-22(2,3)29(28)27-23(12-11-17-13-18(24)9-10-19(17)23)14-21-25-15-20(26-21)16-7-5-4-6-8-16/h4-10,13,15,27H,11-12,14H2,1-3H3,(H,25,26)/t23-,29+/m0/s1. The lowest BCUT2D eigenvalue weighted by atomic mass is 9.89. The predicted octanol–water partition coefficient (Wildman–Crippen LogP) is 5.28. The van der Waals surface area contributed by atoms with Crippen LogP contribution in [0.25, 0.3) is 11.3 Å². The first-order valence-corrected chi connectivity index (χ1v) is 11.8. The minimum Gasteiger partial charge on any atom is -0.342 e. The topological polar surface area (TPSA) is 57.8 Å². The van der Waals surface area contributed by atoms with Gasteiger partial charge in [-0.1, -0.05) is 52.3 Å². The van der Waals surface area contributed by atoms with Crippen LogP contribution in [0.4, 0.5) is 0 Å². The number of H-pyrrole nitrogens is 1. The zero-order valence-corrected chi connectivity index (χ0v) is 19.4. The Kier molecular flexibility index (Phi) is 5.53. The molecule has 0 saturated carbocycles. The molecular formula is C23H26BrN3OS. The third kappa shape index (κ3) is 4.25. The number of rotatable bonds is 5. The smallest absolute Gasteiger partial charge is 0.108 e. The van der Waals surface area contributed by atoms with Crippen LogP contribution in [0.2, 0.25) is 0 Å². The molecule has 0 aliphatic heterocycles. The van der Waals surface area contributed by atoms with Gasteiger partial charge in [-0.3, -0.25) is 0 Å². The average Bonchev–Trinajstić information content (AvgIpc) is 3.27. The Morgan fingerprint density at radius 3 is 2.69 bits per heavy atom. The molecule has 1 aliphatic carbocycles. The molecule has 0 unspecified atom stereocenters. The lowest BCUT2D eigenvalue weighted by Gasteiger charge is -2.33. The van der Waals surface area contributed by atoms with Crippen LogP contribution in [0.5, 0.6) is 0 Å². The minimum absolute atomic E-state index is 0.344. The highest BCUT2D eigenvalue weighted by atomic mass is 79.9. The molecule has 2 N–H and O–H groups in total. The normalized spacial score (nSPS) is 19.9. The van der Waals surface area contributed by atoms with Crippen molar-refractivity contribution in [2.75, 3.05) is 0 Å². The van der Waals surface area contributed by atoms with Crippen molar-refractivity contribution in [1.29, 1.82) is 0 Å². The van der Waals surface area contributed by atoms with E-state index in [9.17, 15) is 4.21 Å². The molecular weight excluding hydrogens is 446 g/mol. The Morgan fingerprint density at radius 1 is 1.21 bits per heavy atom. The highest BCUT2D eigenvalue weighted by Crippen LogP contribution is 2.41. The van der Waals surface area contributed by atoms with Crippen molar-refractivity contribution < 1.29 is 4.21 Å². The first-order valence-electron chi connectivity index (χ1n) is 9.85. The summed E-state index contributed by atoms with van der Waals surface area (Å²) in [4.78, 5) is 8.13. The van der Waals surface area contributed by atoms with Gasteiger partial charge in [-0.2, -0.15) is 0 Å². The van der Waals surface area contributed by atoms with Crippen molar-refractivity contribution in [3.8, 4) is 11.3 Å². The number of aromatic amines is 1. The maximum absolute atomic E-state index is 13.1. The molecule has 1 aromatic heterocycles. The van der Waals surface area contributed by atoms with Gasteiger partial charge in [-0.15, -0.1) is 0 Å². The van der Waals surface area contributed by atoms with E-state index < -0.39 is 16.5 Å². The highest BCUT2D eigenvalue weighted by Gasteiger charge is 2.42. The summed E-state index contributed by atoms with van der Waals surface area (Å²) >= 11 is 3.58. The number of hydrogen-bond acceptors (Lipinski definition) is 2. The Balaban J connectivity index is 1.70. The number of halogens is 1. The predicted molar refractivity (Wildman–Crippen MR) is 123 cm³/mol. The van der Waals surface area contributed by atoms with E-state index in [1.807, 2.05) is 45.2 Å². The van der Waals surface area contributed by atoms with Gasteiger partial charge < -0.3 is 4.98 Å². The maximum Gasteiger partial charge on any atom is 0.108 e. The Morgan fingerprint density at radius 2 is 1.97 bits per heavy atom. The third-order valence-electron chi connectivity index (χ3n) is 5.43. The zero-order chi connectivity index (χ0) is 20.6. The molecule has 0 spiro atoms. The molecule has 1 heterocycles. The van der Waals surface area contributed by atoms with Crippen molar-refractivity contribution in [1.82, 2.24) is 14.7 Å². The maximum atomic E-state index is 13.1. The van der Waals surface area contributed by atoms with Gasteiger partial charge in [0.15, 0.2) is 0 Å². The van der Waals surface area contributed by atoms with Gasteiger partial charge in [-0.05, 0) is 62.4 Å². The molecule has 29 heavy (non-hydrogen) atoms. The van der Waals surface area contributed by atoms with E-state index in [1.165, 1.54) is 11.1 Å². The summed E-state index contributed by atoms with van der Waals surface area (Å²) in [7, 11) is -1.19. The van der Waals surface area contributed by atoms with Crippen LogP contribution in [0.15, 0.2) is 59.2 Å². The van der Waals surface area contributed by atoms with Gasteiger partial charge in [-0.25, -0.2) is 13.9 Å². The molecule has 152 valence electrons. The SMILES string of the molecule is CC(C)(C)[S@@](=O)N[C@]1(Cc2ncc(-c3ccccc3)[nH]2)CCc2cc(Br)ccc21. The van der Waals surface area contributed by atoms with Gasteiger partial charge in [0.2, 0.25) is 0 Å². The quantitative estimate of drug-likeness (QED) is 0.531. The van der Waals surface area contributed by atoms with Crippen LogP contribution >= 0.6 is 15.9 Å². The Bertz CT molecular complexity index is 1040. The molecule has 4 rings (SSSR count). The third-order valence-corrected chi connectivity index (χ3v) is 7.61. The number of benzene rings is 2. The molecule has 4 nitrogen and oxygen atoms in total.